The number of thioether (sulfide) groups is 1. The van der Waals surface area contributed by atoms with Gasteiger partial charge in [0, 0.05) is 18.8 Å². The van der Waals surface area contributed by atoms with Gasteiger partial charge in [0.15, 0.2) is 0 Å². The average Bonchev–Trinajstić information content (AvgIpc) is 2.93. The number of aryl methyl sites for hydroxylation is 1. The number of carbonyl (C=O) groups is 2. The van der Waals surface area contributed by atoms with Crippen molar-refractivity contribution in [1.29, 1.82) is 0 Å². The van der Waals surface area contributed by atoms with Crippen molar-refractivity contribution in [3.63, 3.8) is 0 Å². The van der Waals surface area contributed by atoms with Crippen LogP contribution in [0.25, 0.3) is 0 Å². The molecule has 0 saturated carbocycles. The first-order valence-corrected chi connectivity index (χ1v) is 7.60. The number of urea groups is 1. The lowest BCUT2D eigenvalue weighted by molar-refractivity contribution is 0.0698. The van der Waals surface area contributed by atoms with Crippen molar-refractivity contribution in [3.05, 3.63) is 29.3 Å². The van der Waals surface area contributed by atoms with E-state index in [9.17, 15) is 14.7 Å². The Morgan fingerprint density at radius 3 is 2.80 bits per heavy atom. The van der Waals surface area contributed by atoms with Gasteiger partial charge in [-0.1, -0.05) is 11.6 Å². The predicted octanol–water partition coefficient (Wildman–Crippen LogP) is 2.66. The number of hydrogen-bond acceptors (Lipinski definition) is 3. The van der Waals surface area contributed by atoms with Crippen LogP contribution < -0.4 is 5.32 Å². The van der Waals surface area contributed by atoms with E-state index in [1.165, 1.54) is 0 Å². The fraction of sp³-hybridized carbons (Fsp3) is 0.429. The highest BCUT2D eigenvalue weighted by Gasteiger charge is 2.24. The smallest absolute Gasteiger partial charge is 0.337 e. The Labute approximate surface area is 122 Å². The van der Waals surface area contributed by atoms with Crippen LogP contribution in [0.1, 0.15) is 22.3 Å². The van der Waals surface area contributed by atoms with Crippen LogP contribution >= 0.6 is 11.8 Å². The molecule has 1 saturated heterocycles. The maximum Gasteiger partial charge on any atom is 0.337 e. The summed E-state index contributed by atoms with van der Waals surface area (Å²) in [4.78, 5) is 25.0. The fourth-order valence-electron chi connectivity index (χ4n) is 2.14. The fourth-order valence-corrected chi connectivity index (χ4v) is 3.41. The van der Waals surface area contributed by atoms with Crippen molar-refractivity contribution in [2.45, 2.75) is 19.4 Å². The first-order valence-electron chi connectivity index (χ1n) is 6.44. The number of benzene rings is 1. The van der Waals surface area contributed by atoms with Crippen molar-refractivity contribution in [3.8, 4) is 0 Å². The number of anilines is 1. The number of nitrogens with zero attached hydrogens (tertiary/aromatic N) is 1. The molecule has 2 amide bonds. The molecule has 0 aliphatic carbocycles. The van der Waals surface area contributed by atoms with Gasteiger partial charge in [0.25, 0.3) is 0 Å². The van der Waals surface area contributed by atoms with Crippen molar-refractivity contribution in [2.75, 3.05) is 23.9 Å². The van der Waals surface area contributed by atoms with Gasteiger partial charge >= 0.3 is 12.0 Å². The van der Waals surface area contributed by atoms with E-state index in [0.717, 1.165) is 23.5 Å². The van der Waals surface area contributed by atoms with Crippen molar-refractivity contribution < 1.29 is 14.7 Å². The monoisotopic (exact) mass is 294 g/mol. The largest absolute Gasteiger partial charge is 0.478 e. The molecule has 6 heteroatoms. The normalized spacial score (nSPS) is 17.8. The minimum absolute atomic E-state index is 0.118. The van der Waals surface area contributed by atoms with Gasteiger partial charge in [-0.25, -0.2) is 9.59 Å². The molecule has 108 valence electrons. The van der Waals surface area contributed by atoms with Gasteiger partial charge in [-0.15, -0.1) is 0 Å². The standard InChI is InChI=1S/C14H18N2O3S/c1-9-3-4-12(11(7-9)13(17)18)15-14(19)16(2)10-5-6-20-8-10/h3-4,7,10H,5-6,8H2,1-2H3,(H,15,19)(H,17,18). The Kier molecular flexibility index (Phi) is 4.54. The van der Waals surface area contributed by atoms with Gasteiger partial charge in [0.05, 0.1) is 11.3 Å². The second-order valence-electron chi connectivity index (χ2n) is 4.91. The van der Waals surface area contributed by atoms with Crippen molar-refractivity contribution in [2.24, 2.45) is 0 Å². The van der Waals surface area contributed by atoms with Crippen LogP contribution in [-0.2, 0) is 0 Å². The number of aromatic carboxylic acids is 1. The highest BCUT2D eigenvalue weighted by molar-refractivity contribution is 7.99. The third-order valence-electron chi connectivity index (χ3n) is 3.42. The van der Waals surface area contributed by atoms with Crippen LogP contribution in [0.15, 0.2) is 18.2 Å². The topological polar surface area (TPSA) is 69.6 Å². The van der Waals surface area contributed by atoms with E-state index in [-0.39, 0.29) is 17.6 Å². The number of carboxylic acids is 1. The first kappa shape index (κ1) is 14.7. The van der Waals surface area contributed by atoms with Gasteiger partial charge in [0.1, 0.15) is 0 Å². The zero-order valence-electron chi connectivity index (χ0n) is 11.5. The van der Waals surface area contributed by atoms with Gasteiger partial charge in [0.2, 0.25) is 0 Å². The highest BCUT2D eigenvalue weighted by Crippen LogP contribution is 2.23. The summed E-state index contributed by atoms with van der Waals surface area (Å²) in [6.45, 7) is 1.82. The van der Waals surface area contributed by atoms with Crippen LogP contribution in [-0.4, -0.2) is 46.6 Å². The molecule has 2 N–H and O–H groups in total. The second-order valence-corrected chi connectivity index (χ2v) is 6.06. The van der Waals surface area contributed by atoms with E-state index in [1.54, 1.807) is 30.1 Å². The Morgan fingerprint density at radius 1 is 1.45 bits per heavy atom. The zero-order valence-corrected chi connectivity index (χ0v) is 12.4. The molecule has 1 fully saturated rings. The molecule has 1 aliphatic rings. The Morgan fingerprint density at radius 2 is 2.20 bits per heavy atom. The number of rotatable bonds is 3. The number of amides is 2. The van der Waals surface area contributed by atoms with E-state index >= 15 is 0 Å². The summed E-state index contributed by atoms with van der Waals surface area (Å²) in [6, 6.07) is 4.94. The molecule has 0 spiro atoms. The van der Waals surface area contributed by atoms with Crippen LogP contribution in [0.2, 0.25) is 0 Å². The molecule has 20 heavy (non-hydrogen) atoms. The molecule has 1 aliphatic heterocycles. The van der Waals surface area contributed by atoms with Crippen molar-refractivity contribution in [1.82, 2.24) is 4.90 Å². The molecule has 2 rings (SSSR count). The van der Waals surface area contributed by atoms with Crippen LogP contribution in [0.4, 0.5) is 10.5 Å². The molecule has 1 heterocycles. The Hall–Kier alpha value is -1.69. The minimum Gasteiger partial charge on any atom is -0.478 e. The van der Waals surface area contributed by atoms with Gasteiger partial charge in [-0.3, -0.25) is 0 Å². The molecular formula is C14H18N2O3S. The molecule has 1 aromatic carbocycles. The van der Waals surface area contributed by atoms with Gasteiger partial charge in [-0.2, -0.15) is 11.8 Å². The quantitative estimate of drug-likeness (QED) is 0.899. The second kappa shape index (κ2) is 6.17. The highest BCUT2D eigenvalue weighted by atomic mass is 32.2. The summed E-state index contributed by atoms with van der Waals surface area (Å²) >= 11 is 1.83. The minimum atomic E-state index is -1.04. The van der Waals surface area contributed by atoms with E-state index in [4.69, 9.17) is 0 Å². The SMILES string of the molecule is Cc1ccc(NC(=O)N(C)C2CCSC2)c(C(=O)O)c1. The van der Waals surface area contributed by atoms with E-state index in [1.807, 2.05) is 18.7 Å². The molecule has 0 aromatic heterocycles. The van der Waals surface area contributed by atoms with E-state index in [2.05, 4.69) is 5.32 Å². The molecule has 5 nitrogen and oxygen atoms in total. The molecule has 0 bridgehead atoms. The summed E-state index contributed by atoms with van der Waals surface area (Å²) < 4.78 is 0. The first-order chi connectivity index (χ1) is 9.49. The van der Waals surface area contributed by atoms with Gasteiger partial charge in [-0.05, 0) is 31.2 Å². The summed E-state index contributed by atoms with van der Waals surface area (Å²) in [5.41, 5.74) is 1.30. The third-order valence-corrected chi connectivity index (χ3v) is 4.57. The maximum atomic E-state index is 12.2. The summed E-state index contributed by atoms with van der Waals surface area (Å²) in [6.07, 6.45) is 0.980. The Bertz CT molecular complexity index is 527. The number of carbonyl (C=O) groups excluding carboxylic acids is 1. The molecular weight excluding hydrogens is 276 g/mol. The van der Waals surface area contributed by atoms with Crippen molar-refractivity contribution >= 4 is 29.4 Å². The summed E-state index contributed by atoms with van der Waals surface area (Å²) in [7, 11) is 1.75. The maximum absolute atomic E-state index is 12.2. The lowest BCUT2D eigenvalue weighted by atomic mass is 10.1. The number of nitrogens with one attached hydrogen (secondary N) is 1. The lowest BCUT2D eigenvalue weighted by Crippen LogP contribution is -2.40. The number of carboxylic acid groups (broad SMARTS) is 1. The molecule has 1 atom stereocenters. The predicted molar refractivity (Wildman–Crippen MR) is 80.7 cm³/mol. The van der Waals surface area contributed by atoms with Crippen LogP contribution in [0.3, 0.4) is 0 Å². The molecule has 1 aromatic rings. The molecule has 0 radical (unpaired) electrons. The molecule has 1 unspecified atom stereocenters. The average molecular weight is 294 g/mol. The number of hydrogen-bond donors (Lipinski definition) is 2. The lowest BCUT2D eigenvalue weighted by Gasteiger charge is -2.24. The van der Waals surface area contributed by atoms with E-state index in [0.29, 0.717) is 5.69 Å². The summed E-state index contributed by atoms with van der Waals surface area (Å²) in [5, 5.41) is 11.9. The van der Waals surface area contributed by atoms with Crippen LogP contribution in [0, 0.1) is 6.92 Å². The zero-order chi connectivity index (χ0) is 14.7. The third kappa shape index (κ3) is 3.25. The van der Waals surface area contributed by atoms with Gasteiger partial charge < -0.3 is 15.3 Å². The Balaban J connectivity index is 2.12. The van der Waals surface area contributed by atoms with E-state index < -0.39 is 5.97 Å². The van der Waals surface area contributed by atoms with Crippen LogP contribution in [0.5, 0.6) is 0 Å². The summed E-state index contributed by atoms with van der Waals surface area (Å²) in [5.74, 6) is 0.958.